The van der Waals surface area contributed by atoms with Crippen molar-refractivity contribution in [3.05, 3.63) is 60.7 Å². The SMILES string of the molecule is O=C1C(C2CCCCC2)C(=O)N(c2ccccc2)N1c1ccccc1. The zero-order valence-electron chi connectivity index (χ0n) is 14.2. The summed E-state index contributed by atoms with van der Waals surface area (Å²) in [5, 5.41) is 3.13. The van der Waals surface area contributed by atoms with Crippen molar-refractivity contribution in [2.24, 2.45) is 11.8 Å². The second-order valence-corrected chi connectivity index (χ2v) is 6.85. The average molecular weight is 334 g/mol. The van der Waals surface area contributed by atoms with Gasteiger partial charge in [-0.3, -0.25) is 9.59 Å². The first kappa shape index (κ1) is 15.9. The molecule has 4 heteroatoms. The van der Waals surface area contributed by atoms with E-state index in [2.05, 4.69) is 0 Å². The summed E-state index contributed by atoms with van der Waals surface area (Å²) in [5.41, 5.74) is 1.48. The molecule has 2 amide bonds. The number of hydrogen-bond donors (Lipinski definition) is 0. The number of amides is 2. The maximum Gasteiger partial charge on any atom is 0.259 e. The molecule has 1 saturated carbocycles. The number of rotatable bonds is 3. The maximum absolute atomic E-state index is 13.3. The van der Waals surface area contributed by atoms with E-state index in [0.29, 0.717) is 0 Å². The van der Waals surface area contributed by atoms with Crippen LogP contribution >= 0.6 is 0 Å². The minimum absolute atomic E-state index is 0.0908. The summed E-state index contributed by atoms with van der Waals surface area (Å²) in [6, 6.07) is 18.9. The van der Waals surface area contributed by atoms with Gasteiger partial charge in [-0.25, -0.2) is 10.0 Å². The van der Waals surface area contributed by atoms with Crippen LogP contribution in [0, 0.1) is 11.8 Å². The number of nitrogens with zero attached hydrogens (tertiary/aromatic N) is 2. The van der Waals surface area contributed by atoms with Crippen LogP contribution in [0.4, 0.5) is 11.4 Å². The lowest BCUT2D eigenvalue weighted by Crippen LogP contribution is -2.41. The Labute approximate surface area is 148 Å². The normalized spacial score (nSPS) is 19.7. The molecular formula is C21H22N2O2. The molecule has 4 rings (SSSR count). The molecule has 1 aliphatic carbocycles. The minimum Gasteiger partial charge on any atom is -0.272 e. The number of benzene rings is 2. The third-order valence-corrected chi connectivity index (χ3v) is 5.27. The first-order chi connectivity index (χ1) is 12.3. The van der Waals surface area contributed by atoms with E-state index in [-0.39, 0.29) is 17.7 Å². The molecule has 1 saturated heterocycles. The van der Waals surface area contributed by atoms with E-state index in [1.807, 2.05) is 60.7 Å². The molecule has 2 aromatic rings. The van der Waals surface area contributed by atoms with E-state index in [9.17, 15) is 9.59 Å². The lowest BCUT2D eigenvalue weighted by atomic mass is 9.79. The van der Waals surface area contributed by atoms with Crippen LogP contribution < -0.4 is 10.0 Å². The van der Waals surface area contributed by atoms with Crippen LogP contribution in [0.1, 0.15) is 32.1 Å². The minimum atomic E-state index is -0.555. The number of hydrogen-bond acceptors (Lipinski definition) is 2. The fourth-order valence-electron chi connectivity index (χ4n) is 4.06. The van der Waals surface area contributed by atoms with Gasteiger partial charge in [0.25, 0.3) is 11.8 Å². The summed E-state index contributed by atoms with van der Waals surface area (Å²) in [6.07, 6.45) is 5.36. The van der Waals surface area contributed by atoms with Gasteiger partial charge in [0.2, 0.25) is 0 Å². The Bertz CT molecular complexity index is 696. The van der Waals surface area contributed by atoms with Crippen LogP contribution in [-0.4, -0.2) is 11.8 Å². The lowest BCUT2D eigenvalue weighted by Gasteiger charge is -2.27. The Morgan fingerprint density at radius 1 is 0.640 bits per heavy atom. The molecule has 0 spiro atoms. The molecule has 25 heavy (non-hydrogen) atoms. The molecule has 0 radical (unpaired) electrons. The van der Waals surface area contributed by atoms with Gasteiger partial charge >= 0.3 is 0 Å². The van der Waals surface area contributed by atoms with Crippen molar-refractivity contribution in [1.29, 1.82) is 0 Å². The molecule has 0 aromatic heterocycles. The third kappa shape index (κ3) is 2.82. The monoisotopic (exact) mass is 334 g/mol. The maximum atomic E-state index is 13.3. The van der Waals surface area contributed by atoms with Crippen molar-refractivity contribution in [3.8, 4) is 0 Å². The van der Waals surface area contributed by atoms with Crippen LogP contribution in [0.25, 0.3) is 0 Å². The molecule has 0 bridgehead atoms. The average Bonchev–Trinajstić information content (AvgIpc) is 2.94. The topological polar surface area (TPSA) is 40.6 Å². The highest BCUT2D eigenvalue weighted by molar-refractivity contribution is 6.23. The van der Waals surface area contributed by atoms with Crippen LogP contribution in [0.3, 0.4) is 0 Å². The van der Waals surface area contributed by atoms with Gasteiger partial charge in [0.1, 0.15) is 5.92 Å². The van der Waals surface area contributed by atoms with E-state index in [4.69, 9.17) is 0 Å². The van der Waals surface area contributed by atoms with Crippen LogP contribution in [0.2, 0.25) is 0 Å². The Morgan fingerprint density at radius 3 is 1.52 bits per heavy atom. The van der Waals surface area contributed by atoms with E-state index >= 15 is 0 Å². The molecule has 2 aromatic carbocycles. The predicted molar refractivity (Wildman–Crippen MR) is 97.9 cm³/mol. The highest BCUT2D eigenvalue weighted by Gasteiger charge is 2.50. The molecule has 0 atom stereocenters. The van der Waals surface area contributed by atoms with E-state index < -0.39 is 5.92 Å². The van der Waals surface area contributed by atoms with Gasteiger partial charge in [0.05, 0.1) is 11.4 Å². The van der Waals surface area contributed by atoms with E-state index in [1.165, 1.54) is 6.42 Å². The Balaban J connectivity index is 1.76. The Morgan fingerprint density at radius 2 is 1.08 bits per heavy atom. The molecule has 0 N–H and O–H groups in total. The fraction of sp³-hybridized carbons (Fsp3) is 0.333. The molecule has 1 heterocycles. The zero-order chi connectivity index (χ0) is 17.2. The number of carbonyl (C=O) groups excluding carboxylic acids is 2. The molecule has 2 fully saturated rings. The van der Waals surface area contributed by atoms with Crippen LogP contribution in [0.15, 0.2) is 60.7 Å². The van der Waals surface area contributed by atoms with Crippen molar-refractivity contribution in [2.45, 2.75) is 32.1 Å². The number of anilines is 2. The van der Waals surface area contributed by atoms with Crippen LogP contribution in [-0.2, 0) is 9.59 Å². The highest BCUT2D eigenvalue weighted by Crippen LogP contribution is 2.39. The molecule has 0 unspecified atom stereocenters. The van der Waals surface area contributed by atoms with Gasteiger partial charge in [0, 0.05) is 0 Å². The van der Waals surface area contributed by atoms with Crippen molar-refractivity contribution >= 4 is 23.2 Å². The summed E-state index contributed by atoms with van der Waals surface area (Å²) in [4.78, 5) is 26.5. The first-order valence-corrected chi connectivity index (χ1v) is 9.05. The predicted octanol–water partition coefficient (Wildman–Crippen LogP) is 4.18. The van der Waals surface area contributed by atoms with Crippen LogP contribution in [0.5, 0.6) is 0 Å². The summed E-state index contributed by atoms with van der Waals surface area (Å²) >= 11 is 0. The van der Waals surface area contributed by atoms with Gasteiger partial charge < -0.3 is 0 Å². The quantitative estimate of drug-likeness (QED) is 0.790. The first-order valence-electron chi connectivity index (χ1n) is 9.05. The lowest BCUT2D eigenvalue weighted by molar-refractivity contribution is -0.129. The van der Waals surface area contributed by atoms with Crippen molar-refractivity contribution in [2.75, 3.05) is 10.0 Å². The van der Waals surface area contributed by atoms with Gasteiger partial charge in [-0.05, 0) is 43.0 Å². The highest BCUT2D eigenvalue weighted by atomic mass is 16.2. The summed E-state index contributed by atoms with van der Waals surface area (Å²) in [5.74, 6) is -0.576. The number of hydrazine groups is 1. The Kier molecular flexibility index (Phi) is 4.26. The van der Waals surface area contributed by atoms with Gasteiger partial charge in [0.15, 0.2) is 0 Å². The second kappa shape index (κ2) is 6.71. The Hall–Kier alpha value is -2.62. The molecule has 1 aliphatic heterocycles. The van der Waals surface area contributed by atoms with E-state index in [1.54, 1.807) is 10.0 Å². The zero-order valence-corrected chi connectivity index (χ0v) is 14.2. The second-order valence-electron chi connectivity index (χ2n) is 6.85. The number of para-hydroxylation sites is 2. The van der Waals surface area contributed by atoms with Gasteiger partial charge in [-0.15, -0.1) is 0 Å². The van der Waals surface area contributed by atoms with Crippen molar-refractivity contribution in [1.82, 2.24) is 0 Å². The van der Waals surface area contributed by atoms with Gasteiger partial charge in [-0.1, -0.05) is 55.7 Å². The molecule has 2 aliphatic rings. The van der Waals surface area contributed by atoms with Gasteiger partial charge in [-0.2, -0.15) is 0 Å². The van der Waals surface area contributed by atoms with Crippen molar-refractivity contribution in [3.63, 3.8) is 0 Å². The third-order valence-electron chi connectivity index (χ3n) is 5.27. The summed E-state index contributed by atoms with van der Waals surface area (Å²) in [7, 11) is 0. The summed E-state index contributed by atoms with van der Waals surface area (Å²) < 4.78 is 0. The number of carbonyl (C=O) groups is 2. The molecule has 128 valence electrons. The largest absolute Gasteiger partial charge is 0.272 e. The van der Waals surface area contributed by atoms with Crippen molar-refractivity contribution < 1.29 is 9.59 Å². The smallest absolute Gasteiger partial charge is 0.259 e. The van der Waals surface area contributed by atoms with E-state index in [0.717, 1.165) is 37.1 Å². The summed E-state index contributed by atoms with van der Waals surface area (Å²) in [6.45, 7) is 0. The standard InChI is InChI=1S/C21H22N2O2/c24-20-19(16-10-4-1-5-11-16)21(25)23(18-14-8-3-9-15-18)22(20)17-12-6-2-7-13-17/h2-3,6-9,12-16,19H,1,4-5,10-11H2. The molecule has 4 nitrogen and oxygen atoms in total. The fourth-order valence-corrected chi connectivity index (χ4v) is 4.06. The molecular weight excluding hydrogens is 312 g/mol.